The van der Waals surface area contributed by atoms with Crippen LogP contribution >= 0.6 is 15.9 Å². The highest BCUT2D eigenvalue weighted by Gasteiger charge is 2.27. The lowest BCUT2D eigenvalue weighted by atomic mass is 9.98. The highest BCUT2D eigenvalue weighted by atomic mass is 79.9. The zero-order valence-electron chi connectivity index (χ0n) is 15.5. The lowest BCUT2D eigenvalue weighted by Gasteiger charge is -2.17. The first-order valence-electron chi connectivity index (χ1n) is 9.11. The maximum Gasteiger partial charge on any atom is 0.261 e. The Balaban J connectivity index is 1.47. The molecule has 144 valence electrons. The van der Waals surface area contributed by atoms with E-state index in [2.05, 4.69) is 20.9 Å². The van der Waals surface area contributed by atoms with Crippen LogP contribution in [0.3, 0.4) is 0 Å². The molecule has 0 saturated carbocycles. The molecule has 28 heavy (non-hydrogen) atoms. The minimum atomic E-state index is -0.203. The van der Waals surface area contributed by atoms with E-state index in [1.807, 2.05) is 35.2 Å². The third-order valence-corrected chi connectivity index (χ3v) is 5.71. The molecule has 0 spiro atoms. The van der Waals surface area contributed by atoms with Crippen LogP contribution < -0.4 is 10.3 Å². The summed E-state index contributed by atoms with van der Waals surface area (Å²) >= 11 is 3.37. The van der Waals surface area contributed by atoms with E-state index in [9.17, 15) is 9.59 Å². The van der Waals surface area contributed by atoms with Crippen LogP contribution in [0.25, 0.3) is 10.9 Å². The van der Waals surface area contributed by atoms with Crippen LogP contribution in [0.4, 0.5) is 0 Å². The van der Waals surface area contributed by atoms with E-state index in [1.165, 1.54) is 16.5 Å². The highest BCUT2D eigenvalue weighted by Crippen LogP contribution is 2.28. The minimum Gasteiger partial charge on any atom is -0.497 e. The van der Waals surface area contributed by atoms with Crippen molar-refractivity contribution in [3.8, 4) is 5.75 Å². The van der Waals surface area contributed by atoms with Gasteiger partial charge in [-0.2, -0.15) is 0 Å². The molecule has 2 aromatic carbocycles. The molecule has 7 heteroatoms. The average Bonchev–Trinajstić information content (AvgIpc) is 3.21. The minimum absolute atomic E-state index is 0.00359. The first kappa shape index (κ1) is 18.7. The molecule has 1 aliphatic rings. The molecular formula is C21H20BrN3O3. The quantitative estimate of drug-likeness (QED) is 0.623. The van der Waals surface area contributed by atoms with Gasteiger partial charge in [-0.15, -0.1) is 0 Å². The number of likely N-dealkylation sites (tertiary alicyclic amines) is 1. The maximum absolute atomic E-state index is 12.8. The second kappa shape index (κ2) is 7.75. The van der Waals surface area contributed by atoms with Gasteiger partial charge >= 0.3 is 0 Å². The van der Waals surface area contributed by atoms with Crippen molar-refractivity contribution in [1.82, 2.24) is 14.5 Å². The molecule has 6 nitrogen and oxygen atoms in total. The van der Waals surface area contributed by atoms with Gasteiger partial charge in [0, 0.05) is 23.5 Å². The molecular weight excluding hydrogens is 422 g/mol. The molecule has 1 atom stereocenters. The fraction of sp³-hybridized carbons (Fsp3) is 0.286. The number of methoxy groups -OCH3 is 1. The van der Waals surface area contributed by atoms with Crippen molar-refractivity contribution in [3.05, 3.63) is 69.2 Å². The van der Waals surface area contributed by atoms with Gasteiger partial charge in [-0.3, -0.25) is 14.2 Å². The van der Waals surface area contributed by atoms with Crippen LogP contribution in [0, 0.1) is 0 Å². The Bertz CT molecular complexity index is 1080. The van der Waals surface area contributed by atoms with Crippen molar-refractivity contribution in [2.45, 2.75) is 18.9 Å². The third-order valence-electron chi connectivity index (χ3n) is 5.22. The average molecular weight is 442 g/mol. The number of carbonyl (C=O) groups excluding carboxylic acids is 1. The summed E-state index contributed by atoms with van der Waals surface area (Å²) in [5.74, 6) is 1.07. The number of hydrogen-bond donors (Lipinski definition) is 0. The molecule has 2 heterocycles. The lowest BCUT2D eigenvalue weighted by molar-refractivity contribution is -0.130. The number of fused-ring (bicyclic) bond motifs is 1. The fourth-order valence-electron chi connectivity index (χ4n) is 3.62. The Morgan fingerprint density at radius 2 is 2.04 bits per heavy atom. The number of halogens is 1. The molecule has 1 aliphatic heterocycles. The van der Waals surface area contributed by atoms with E-state index in [1.54, 1.807) is 19.2 Å². The van der Waals surface area contributed by atoms with Crippen LogP contribution in [0.15, 0.2) is 58.1 Å². The van der Waals surface area contributed by atoms with Gasteiger partial charge in [0.2, 0.25) is 5.91 Å². The molecule has 1 saturated heterocycles. The molecule has 0 N–H and O–H groups in total. The van der Waals surface area contributed by atoms with Gasteiger partial charge in [0.25, 0.3) is 5.56 Å². The first-order chi connectivity index (χ1) is 13.5. The predicted octanol–water partition coefficient (Wildman–Crippen LogP) is 3.18. The molecule has 3 aromatic rings. The van der Waals surface area contributed by atoms with E-state index < -0.39 is 0 Å². The molecule has 1 aromatic heterocycles. The number of nitrogens with zero attached hydrogens (tertiary/aromatic N) is 3. The Kier molecular flexibility index (Phi) is 5.17. The van der Waals surface area contributed by atoms with Gasteiger partial charge < -0.3 is 9.64 Å². The summed E-state index contributed by atoms with van der Waals surface area (Å²) in [6.45, 7) is 1.35. The van der Waals surface area contributed by atoms with E-state index >= 15 is 0 Å². The summed E-state index contributed by atoms with van der Waals surface area (Å²) in [6, 6.07) is 13.3. The molecule has 0 radical (unpaired) electrons. The largest absolute Gasteiger partial charge is 0.497 e. The monoisotopic (exact) mass is 441 g/mol. The third kappa shape index (κ3) is 3.67. The van der Waals surface area contributed by atoms with Crippen LogP contribution in [-0.2, 0) is 11.3 Å². The second-order valence-electron chi connectivity index (χ2n) is 6.94. The van der Waals surface area contributed by atoms with Gasteiger partial charge in [0.05, 0.1) is 24.3 Å². The van der Waals surface area contributed by atoms with Crippen LogP contribution in [0.5, 0.6) is 5.75 Å². The first-order valence-corrected chi connectivity index (χ1v) is 9.91. The maximum atomic E-state index is 12.8. The van der Waals surface area contributed by atoms with Gasteiger partial charge in [-0.25, -0.2) is 4.98 Å². The predicted molar refractivity (Wildman–Crippen MR) is 111 cm³/mol. The summed E-state index contributed by atoms with van der Waals surface area (Å²) in [7, 11) is 1.65. The van der Waals surface area contributed by atoms with Crippen molar-refractivity contribution < 1.29 is 9.53 Å². The van der Waals surface area contributed by atoms with Gasteiger partial charge in [-0.05, 0) is 42.3 Å². The van der Waals surface area contributed by atoms with Crippen molar-refractivity contribution in [2.24, 2.45) is 0 Å². The summed E-state index contributed by atoms with van der Waals surface area (Å²) in [4.78, 5) is 31.6. The van der Waals surface area contributed by atoms with Crippen molar-refractivity contribution in [3.63, 3.8) is 0 Å². The number of hydrogen-bond acceptors (Lipinski definition) is 4. The van der Waals surface area contributed by atoms with Crippen molar-refractivity contribution >= 4 is 32.7 Å². The van der Waals surface area contributed by atoms with E-state index in [-0.39, 0.29) is 18.0 Å². The van der Waals surface area contributed by atoms with Crippen molar-refractivity contribution in [1.29, 1.82) is 0 Å². The molecule has 1 fully saturated rings. The zero-order valence-corrected chi connectivity index (χ0v) is 17.1. The number of amides is 1. The van der Waals surface area contributed by atoms with Crippen LogP contribution in [0.1, 0.15) is 17.9 Å². The van der Waals surface area contributed by atoms with Crippen LogP contribution in [-0.4, -0.2) is 40.6 Å². The van der Waals surface area contributed by atoms with E-state index in [0.29, 0.717) is 29.9 Å². The number of ether oxygens (including phenoxy) is 1. The second-order valence-corrected chi connectivity index (χ2v) is 7.85. The summed E-state index contributed by atoms with van der Waals surface area (Å²) < 4.78 is 7.40. The Morgan fingerprint density at radius 1 is 1.25 bits per heavy atom. The highest BCUT2D eigenvalue weighted by molar-refractivity contribution is 9.10. The van der Waals surface area contributed by atoms with E-state index in [0.717, 1.165) is 16.6 Å². The summed E-state index contributed by atoms with van der Waals surface area (Å²) in [5.41, 5.74) is 1.62. The standard InChI is InChI=1S/C21H20BrN3O3/c1-28-17-5-2-14(3-6-17)15-8-9-24(11-15)20(26)12-25-13-23-19-7-4-16(22)10-18(19)21(25)27/h2-7,10,13,15H,8-9,11-12H2,1H3. The van der Waals surface area contributed by atoms with Crippen LogP contribution in [0.2, 0.25) is 0 Å². The van der Waals surface area contributed by atoms with Gasteiger partial charge in [0.1, 0.15) is 12.3 Å². The fourth-order valence-corrected chi connectivity index (χ4v) is 3.99. The number of carbonyl (C=O) groups is 1. The SMILES string of the molecule is COc1ccc(C2CCN(C(=O)Cn3cnc4ccc(Br)cc4c3=O)C2)cc1. The number of aromatic nitrogens is 2. The number of benzene rings is 2. The number of rotatable bonds is 4. The van der Waals surface area contributed by atoms with Gasteiger partial charge in [0.15, 0.2) is 0 Å². The molecule has 0 aliphatic carbocycles. The topological polar surface area (TPSA) is 64.4 Å². The normalized spacial score (nSPS) is 16.5. The summed E-state index contributed by atoms with van der Waals surface area (Å²) in [6.07, 6.45) is 2.36. The Labute approximate surface area is 170 Å². The molecule has 1 unspecified atom stereocenters. The molecule has 1 amide bonds. The van der Waals surface area contributed by atoms with Gasteiger partial charge in [-0.1, -0.05) is 28.1 Å². The van der Waals surface area contributed by atoms with Crippen molar-refractivity contribution in [2.75, 3.05) is 20.2 Å². The Morgan fingerprint density at radius 3 is 2.79 bits per heavy atom. The Hall–Kier alpha value is -2.67. The zero-order chi connectivity index (χ0) is 19.7. The van der Waals surface area contributed by atoms with E-state index in [4.69, 9.17) is 4.74 Å². The molecule has 0 bridgehead atoms. The summed E-state index contributed by atoms with van der Waals surface area (Å²) in [5, 5.41) is 0.502. The lowest BCUT2D eigenvalue weighted by Crippen LogP contribution is -2.35. The molecule has 4 rings (SSSR count). The smallest absolute Gasteiger partial charge is 0.261 e.